The molecule has 1 aromatic heterocycles. The van der Waals surface area contributed by atoms with Gasteiger partial charge in [-0.1, -0.05) is 18.2 Å². The van der Waals surface area contributed by atoms with Crippen LogP contribution < -0.4 is 5.32 Å². The van der Waals surface area contributed by atoms with Crippen LogP contribution >= 0.6 is 0 Å². The Bertz CT molecular complexity index is 663. The summed E-state index contributed by atoms with van der Waals surface area (Å²) in [6, 6.07) is 8.17. The zero-order valence-corrected chi connectivity index (χ0v) is 13.9. The number of hydrogen-bond donors (Lipinski definition) is 2. The summed E-state index contributed by atoms with van der Waals surface area (Å²) >= 11 is 0. The van der Waals surface area contributed by atoms with E-state index >= 15 is 0 Å². The highest BCUT2D eigenvalue weighted by molar-refractivity contribution is 5.85. The third-order valence-corrected chi connectivity index (χ3v) is 3.95. The molecule has 0 radical (unpaired) electrons. The summed E-state index contributed by atoms with van der Waals surface area (Å²) in [6.07, 6.45) is 4.12. The van der Waals surface area contributed by atoms with Gasteiger partial charge in [0, 0.05) is 36.6 Å². The van der Waals surface area contributed by atoms with Gasteiger partial charge in [0.15, 0.2) is 0 Å². The summed E-state index contributed by atoms with van der Waals surface area (Å²) in [4.78, 5) is 28.7. The molecule has 23 heavy (non-hydrogen) atoms. The maximum absolute atomic E-state index is 12.2. The second-order valence-corrected chi connectivity index (χ2v) is 5.57. The number of likely N-dealkylation sites (N-methyl/N-ethyl adjacent to an activating group) is 2. The van der Waals surface area contributed by atoms with Gasteiger partial charge >= 0.3 is 0 Å². The topological polar surface area (TPSA) is 65.2 Å². The van der Waals surface area contributed by atoms with E-state index in [9.17, 15) is 9.59 Å². The van der Waals surface area contributed by atoms with E-state index in [1.165, 1.54) is 10.9 Å². The number of aromatic nitrogens is 1. The molecule has 0 aliphatic heterocycles. The number of para-hydroxylation sites is 1. The molecule has 0 atom stereocenters. The second-order valence-electron chi connectivity index (χ2n) is 5.57. The third kappa shape index (κ3) is 4.58. The van der Waals surface area contributed by atoms with Crippen LogP contribution in [0.15, 0.2) is 30.5 Å². The van der Waals surface area contributed by atoms with Gasteiger partial charge in [0.25, 0.3) is 0 Å². The van der Waals surface area contributed by atoms with Crippen molar-refractivity contribution in [3.05, 3.63) is 36.0 Å². The van der Waals surface area contributed by atoms with Crippen LogP contribution in [0.1, 0.15) is 32.3 Å². The fourth-order valence-corrected chi connectivity index (χ4v) is 2.73. The van der Waals surface area contributed by atoms with Gasteiger partial charge in [0.05, 0.1) is 6.54 Å². The molecular formula is C18H25N3O2. The summed E-state index contributed by atoms with van der Waals surface area (Å²) in [5, 5.41) is 3.94. The van der Waals surface area contributed by atoms with Gasteiger partial charge in [-0.3, -0.25) is 9.59 Å². The number of carbonyl (C=O) groups is 2. The van der Waals surface area contributed by atoms with Crippen molar-refractivity contribution in [2.24, 2.45) is 0 Å². The number of nitrogens with zero attached hydrogens (tertiary/aromatic N) is 1. The lowest BCUT2D eigenvalue weighted by Gasteiger charge is -2.20. The van der Waals surface area contributed by atoms with Gasteiger partial charge in [-0.15, -0.1) is 0 Å². The fourth-order valence-electron chi connectivity index (χ4n) is 2.73. The Labute approximate surface area is 137 Å². The van der Waals surface area contributed by atoms with Gasteiger partial charge in [0.1, 0.15) is 0 Å². The number of aryl methyl sites for hydroxylation is 1. The predicted molar refractivity (Wildman–Crippen MR) is 92.2 cm³/mol. The molecule has 2 amide bonds. The number of rotatable bonds is 8. The number of H-pyrrole nitrogens is 1. The first-order valence-corrected chi connectivity index (χ1v) is 8.25. The van der Waals surface area contributed by atoms with Gasteiger partial charge in [-0.2, -0.15) is 0 Å². The van der Waals surface area contributed by atoms with Crippen molar-refractivity contribution in [3.8, 4) is 0 Å². The van der Waals surface area contributed by atoms with E-state index < -0.39 is 0 Å². The maximum Gasteiger partial charge on any atom is 0.239 e. The lowest BCUT2D eigenvalue weighted by molar-refractivity contribution is -0.135. The molecule has 2 rings (SSSR count). The van der Waals surface area contributed by atoms with Crippen molar-refractivity contribution in [3.63, 3.8) is 0 Å². The van der Waals surface area contributed by atoms with E-state index in [1.807, 2.05) is 32.2 Å². The van der Waals surface area contributed by atoms with Crippen LogP contribution in [0.3, 0.4) is 0 Å². The van der Waals surface area contributed by atoms with E-state index in [0.29, 0.717) is 19.5 Å². The van der Waals surface area contributed by atoms with E-state index in [2.05, 4.69) is 22.4 Å². The minimum atomic E-state index is -0.0978. The van der Waals surface area contributed by atoms with Gasteiger partial charge < -0.3 is 15.2 Å². The maximum atomic E-state index is 12.2. The Morgan fingerprint density at radius 1 is 1.22 bits per heavy atom. The quantitative estimate of drug-likeness (QED) is 0.786. The minimum Gasteiger partial charge on any atom is -0.361 e. The van der Waals surface area contributed by atoms with Crippen molar-refractivity contribution >= 4 is 22.7 Å². The highest BCUT2D eigenvalue weighted by Gasteiger charge is 2.15. The molecule has 0 bridgehead atoms. The summed E-state index contributed by atoms with van der Waals surface area (Å²) in [5.41, 5.74) is 2.36. The molecule has 0 aliphatic rings. The monoisotopic (exact) mass is 315 g/mol. The molecule has 0 saturated heterocycles. The first-order valence-electron chi connectivity index (χ1n) is 8.25. The number of amides is 2. The van der Waals surface area contributed by atoms with Gasteiger partial charge in [-0.05, 0) is 38.3 Å². The molecule has 5 nitrogen and oxygen atoms in total. The Hall–Kier alpha value is -2.30. The average Bonchev–Trinajstić information content (AvgIpc) is 2.96. The predicted octanol–water partition coefficient (Wildman–Crippen LogP) is 2.48. The zero-order chi connectivity index (χ0) is 16.7. The molecule has 1 heterocycles. The number of hydrogen-bond acceptors (Lipinski definition) is 2. The van der Waals surface area contributed by atoms with E-state index in [0.717, 1.165) is 18.4 Å². The van der Waals surface area contributed by atoms with Crippen LogP contribution in [0, 0.1) is 0 Å². The molecule has 2 N–H and O–H groups in total. The zero-order valence-electron chi connectivity index (χ0n) is 13.9. The van der Waals surface area contributed by atoms with Gasteiger partial charge in [0.2, 0.25) is 11.8 Å². The first-order chi connectivity index (χ1) is 11.2. The molecule has 0 aliphatic carbocycles. The normalized spacial score (nSPS) is 10.7. The first kappa shape index (κ1) is 17.1. The molecule has 0 unspecified atom stereocenters. The van der Waals surface area contributed by atoms with E-state index in [1.54, 1.807) is 4.90 Å². The lowest BCUT2D eigenvalue weighted by atomic mass is 10.1. The Morgan fingerprint density at radius 2 is 2.00 bits per heavy atom. The molecule has 0 saturated carbocycles. The molecule has 124 valence electrons. The van der Waals surface area contributed by atoms with Crippen molar-refractivity contribution < 1.29 is 9.59 Å². The summed E-state index contributed by atoms with van der Waals surface area (Å²) in [6.45, 7) is 5.07. The highest BCUT2D eigenvalue weighted by Crippen LogP contribution is 2.19. The van der Waals surface area contributed by atoms with Crippen LogP contribution in [0.4, 0.5) is 0 Å². The summed E-state index contributed by atoms with van der Waals surface area (Å²) < 4.78 is 0. The van der Waals surface area contributed by atoms with Crippen LogP contribution in [0.2, 0.25) is 0 Å². The number of benzene rings is 1. The van der Waals surface area contributed by atoms with Crippen LogP contribution in [-0.2, 0) is 16.0 Å². The third-order valence-electron chi connectivity index (χ3n) is 3.95. The number of carbonyl (C=O) groups excluding carboxylic acids is 2. The minimum absolute atomic E-state index is 0.0404. The van der Waals surface area contributed by atoms with Crippen molar-refractivity contribution in [2.75, 3.05) is 19.6 Å². The SMILES string of the molecule is CCNC(=O)CN(CC)C(=O)CCCc1c[nH]c2ccccc12. The van der Waals surface area contributed by atoms with Gasteiger partial charge in [-0.25, -0.2) is 0 Å². The van der Waals surface area contributed by atoms with Crippen LogP contribution in [0.25, 0.3) is 10.9 Å². The van der Waals surface area contributed by atoms with Crippen molar-refractivity contribution in [1.29, 1.82) is 0 Å². The Balaban J connectivity index is 1.84. The van der Waals surface area contributed by atoms with E-state index in [-0.39, 0.29) is 18.4 Å². The van der Waals surface area contributed by atoms with Crippen molar-refractivity contribution in [2.45, 2.75) is 33.1 Å². The van der Waals surface area contributed by atoms with Crippen molar-refractivity contribution in [1.82, 2.24) is 15.2 Å². The summed E-state index contributed by atoms with van der Waals surface area (Å²) in [7, 11) is 0. The number of fused-ring (bicyclic) bond motifs is 1. The van der Waals surface area contributed by atoms with Crippen LogP contribution in [0.5, 0.6) is 0 Å². The fraction of sp³-hybridized carbons (Fsp3) is 0.444. The molecular weight excluding hydrogens is 290 g/mol. The molecule has 0 fully saturated rings. The average molecular weight is 315 g/mol. The molecule has 2 aromatic rings. The number of nitrogens with one attached hydrogen (secondary N) is 2. The summed E-state index contributed by atoms with van der Waals surface area (Å²) in [5.74, 6) is -0.0575. The molecule has 5 heteroatoms. The Kier molecular flexibility index (Phi) is 6.20. The largest absolute Gasteiger partial charge is 0.361 e. The smallest absolute Gasteiger partial charge is 0.239 e. The van der Waals surface area contributed by atoms with E-state index in [4.69, 9.17) is 0 Å². The molecule has 1 aromatic carbocycles. The highest BCUT2D eigenvalue weighted by atomic mass is 16.2. The lowest BCUT2D eigenvalue weighted by Crippen LogP contribution is -2.40. The van der Waals surface area contributed by atoms with Crippen LogP contribution in [-0.4, -0.2) is 41.3 Å². The molecule has 0 spiro atoms. The number of aromatic amines is 1. The second kappa shape index (κ2) is 8.36. The Morgan fingerprint density at radius 3 is 2.74 bits per heavy atom. The standard InChI is InChI=1S/C18H25N3O2/c1-3-19-17(22)13-21(4-2)18(23)11-7-8-14-12-20-16-10-6-5-9-15(14)16/h5-6,9-10,12,20H,3-4,7-8,11,13H2,1-2H3,(H,19,22).